The lowest BCUT2D eigenvalue weighted by atomic mass is 10.1. The number of amides is 1. The molecule has 6 nitrogen and oxygen atoms in total. The Hall–Kier alpha value is -3.22. The van der Waals surface area contributed by atoms with Crippen molar-refractivity contribution >= 4 is 27.9 Å². The van der Waals surface area contributed by atoms with Gasteiger partial charge in [0.15, 0.2) is 5.52 Å². The lowest BCUT2D eigenvalue weighted by Gasteiger charge is -2.22. The van der Waals surface area contributed by atoms with Crippen LogP contribution in [0.3, 0.4) is 0 Å². The molecule has 6 heteroatoms. The number of aromatic nitrogens is 2. The second-order valence-corrected chi connectivity index (χ2v) is 7.88. The largest absolute Gasteiger partial charge is 0.370 e. The van der Waals surface area contributed by atoms with E-state index in [2.05, 4.69) is 35.4 Å². The summed E-state index contributed by atoms with van der Waals surface area (Å²) in [5, 5.41) is 5.25. The molecule has 2 aromatic heterocycles. The zero-order valence-electron chi connectivity index (χ0n) is 17.1. The number of carbonyl (C=O) groups is 1. The number of aryl methyl sites for hydroxylation is 1. The first-order chi connectivity index (χ1) is 14.7. The van der Waals surface area contributed by atoms with Crippen LogP contribution in [0, 0.1) is 6.92 Å². The van der Waals surface area contributed by atoms with Crippen LogP contribution in [0.2, 0.25) is 0 Å². The number of nitrogens with zero attached hydrogens (tertiary/aromatic N) is 1. The zero-order valence-corrected chi connectivity index (χ0v) is 17.1. The molecule has 0 spiro atoms. The molecule has 1 amide bonds. The summed E-state index contributed by atoms with van der Waals surface area (Å²) >= 11 is 0. The van der Waals surface area contributed by atoms with Gasteiger partial charge < -0.3 is 15.0 Å². The second-order valence-electron chi connectivity index (χ2n) is 7.88. The van der Waals surface area contributed by atoms with Crippen molar-refractivity contribution in [3.8, 4) is 0 Å². The Kier molecular flexibility index (Phi) is 4.94. The second kappa shape index (κ2) is 7.89. The molecule has 1 fully saturated rings. The third-order valence-corrected chi connectivity index (χ3v) is 5.87. The zero-order chi connectivity index (χ0) is 20.5. The standard InChI is InChI=1S/C24H24N4O2/c1-17-6-5-11-28-22(17)21(16-27-12-14-30-15-13-27)25-23(28)24(29)26-20-10-4-8-18-7-2-3-9-19(18)20/h2-11H,12-16H2,1H3,(H,26,29)/p+2. The first-order valence-corrected chi connectivity index (χ1v) is 10.4. The molecule has 1 aliphatic heterocycles. The van der Waals surface area contributed by atoms with E-state index in [9.17, 15) is 4.79 Å². The minimum Gasteiger partial charge on any atom is -0.370 e. The Balaban J connectivity index is 1.52. The molecule has 0 aliphatic carbocycles. The average Bonchev–Trinajstić information content (AvgIpc) is 3.14. The van der Waals surface area contributed by atoms with Gasteiger partial charge in [0.05, 0.1) is 19.4 Å². The van der Waals surface area contributed by atoms with Gasteiger partial charge >= 0.3 is 11.7 Å². The van der Waals surface area contributed by atoms with Gasteiger partial charge in [-0.3, -0.25) is 4.79 Å². The van der Waals surface area contributed by atoms with E-state index in [-0.39, 0.29) is 5.91 Å². The Labute approximate surface area is 175 Å². The Morgan fingerprint density at radius 2 is 1.90 bits per heavy atom. The third kappa shape index (κ3) is 3.44. The van der Waals surface area contributed by atoms with Crippen LogP contribution in [-0.2, 0) is 11.3 Å². The lowest BCUT2D eigenvalue weighted by Crippen LogP contribution is -3.12. The molecule has 3 heterocycles. The van der Waals surface area contributed by atoms with Crippen molar-refractivity contribution in [3.05, 3.63) is 77.9 Å². The number of H-pyrrole nitrogens is 1. The highest BCUT2D eigenvalue weighted by atomic mass is 16.5. The maximum atomic E-state index is 13.3. The molecule has 30 heavy (non-hydrogen) atoms. The number of hydrogen-bond donors (Lipinski definition) is 3. The fourth-order valence-corrected chi connectivity index (χ4v) is 4.35. The summed E-state index contributed by atoms with van der Waals surface area (Å²) in [4.78, 5) is 18.2. The van der Waals surface area contributed by atoms with Gasteiger partial charge in [-0.05, 0) is 24.4 Å². The van der Waals surface area contributed by atoms with E-state index < -0.39 is 0 Å². The molecule has 4 aromatic rings. The van der Waals surface area contributed by atoms with Crippen molar-refractivity contribution in [2.24, 2.45) is 0 Å². The summed E-state index contributed by atoms with van der Waals surface area (Å²) in [5.41, 5.74) is 4.14. The van der Waals surface area contributed by atoms with Crippen molar-refractivity contribution in [2.75, 3.05) is 31.6 Å². The molecule has 0 unspecified atom stereocenters. The van der Waals surface area contributed by atoms with Crippen molar-refractivity contribution in [1.82, 2.24) is 4.98 Å². The summed E-state index contributed by atoms with van der Waals surface area (Å²) in [7, 11) is 0. The molecule has 152 valence electrons. The fraction of sp³-hybridized carbons (Fsp3) is 0.250. The molecule has 5 rings (SSSR count). The van der Waals surface area contributed by atoms with E-state index in [1.165, 1.54) is 4.90 Å². The van der Waals surface area contributed by atoms with Gasteiger partial charge in [0, 0.05) is 16.6 Å². The molecule has 1 aliphatic rings. The minimum absolute atomic E-state index is 0.143. The molecule has 2 aromatic carbocycles. The van der Waals surface area contributed by atoms with Crippen molar-refractivity contribution in [3.63, 3.8) is 0 Å². The summed E-state index contributed by atoms with van der Waals surface area (Å²) in [6.45, 7) is 6.47. The Morgan fingerprint density at radius 1 is 1.10 bits per heavy atom. The molecule has 3 N–H and O–H groups in total. The van der Waals surface area contributed by atoms with Gasteiger partial charge in [-0.1, -0.05) is 42.5 Å². The van der Waals surface area contributed by atoms with Gasteiger partial charge in [-0.2, -0.15) is 4.40 Å². The monoisotopic (exact) mass is 402 g/mol. The molecule has 0 saturated carbocycles. The van der Waals surface area contributed by atoms with E-state index in [0.717, 1.165) is 66.1 Å². The molecule has 0 atom stereocenters. The summed E-state index contributed by atoms with van der Waals surface area (Å²) < 4.78 is 7.47. The van der Waals surface area contributed by atoms with Gasteiger partial charge in [-0.25, -0.2) is 4.98 Å². The number of morpholine rings is 1. The normalized spacial score (nSPS) is 15.0. The van der Waals surface area contributed by atoms with Gasteiger partial charge in [-0.15, -0.1) is 0 Å². The van der Waals surface area contributed by atoms with Crippen LogP contribution in [0.15, 0.2) is 60.8 Å². The first-order valence-electron chi connectivity index (χ1n) is 10.4. The number of ether oxygens (including phenoxy) is 1. The smallest absolute Gasteiger partial charge is 0.351 e. The number of hydrogen-bond acceptors (Lipinski definition) is 2. The highest BCUT2D eigenvalue weighted by Crippen LogP contribution is 2.23. The maximum Gasteiger partial charge on any atom is 0.351 e. The van der Waals surface area contributed by atoms with E-state index in [1.807, 2.05) is 47.0 Å². The Bertz CT molecular complexity index is 1220. The van der Waals surface area contributed by atoms with Gasteiger partial charge in [0.2, 0.25) is 5.69 Å². The van der Waals surface area contributed by atoms with Crippen molar-refractivity contribution in [1.29, 1.82) is 0 Å². The SMILES string of the molecule is Cc1ccc[n+]2c(C(=O)Nc3cccc4ccccc34)[nH]c(C[NH+]3CCOCC3)c12. The quantitative estimate of drug-likeness (QED) is 0.457. The first kappa shape index (κ1) is 18.8. The summed E-state index contributed by atoms with van der Waals surface area (Å²) in [5.74, 6) is 0.402. The van der Waals surface area contributed by atoms with E-state index in [4.69, 9.17) is 4.74 Å². The predicted octanol–water partition coefficient (Wildman–Crippen LogP) is 1.88. The van der Waals surface area contributed by atoms with Crippen LogP contribution in [0.1, 0.15) is 21.9 Å². The van der Waals surface area contributed by atoms with Gasteiger partial charge in [0.1, 0.15) is 19.6 Å². The molecular weight excluding hydrogens is 376 g/mol. The van der Waals surface area contributed by atoms with E-state index in [0.29, 0.717) is 5.82 Å². The van der Waals surface area contributed by atoms with Crippen LogP contribution in [0.25, 0.3) is 16.3 Å². The number of pyridine rings is 1. The van der Waals surface area contributed by atoms with E-state index in [1.54, 1.807) is 0 Å². The number of aromatic amines is 1. The average molecular weight is 402 g/mol. The number of carbonyl (C=O) groups excluding carboxylic acids is 1. The fourth-order valence-electron chi connectivity index (χ4n) is 4.35. The van der Waals surface area contributed by atoms with Crippen molar-refractivity contribution < 1.29 is 18.8 Å². The lowest BCUT2D eigenvalue weighted by molar-refractivity contribution is -0.921. The maximum absolute atomic E-state index is 13.3. The van der Waals surface area contributed by atoms with Crippen molar-refractivity contribution in [2.45, 2.75) is 13.5 Å². The number of nitrogens with one attached hydrogen (secondary N) is 3. The van der Waals surface area contributed by atoms with Gasteiger partial charge in [0.25, 0.3) is 0 Å². The molecule has 1 saturated heterocycles. The van der Waals surface area contributed by atoms with Crippen LogP contribution >= 0.6 is 0 Å². The van der Waals surface area contributed by atoms with Crippen LogP contribution in [0.5, 0.6) is 0 Å². The molecular formula is C24H26N4O2+2. The molecule has 0 bridgehead atoms. The van der Waals surface area contributed by atoms with Crippen LogP contribution in [0.4, 0.5) is 5.69 Å². The number of anilines is 1. The highest BCUT2D eigenvalue weighted by Gasteiger charge is 2.29. The number of quaternary nitrogens is 1. The van der Waals surface area contributed by atoms with Crippen LogP contribution < -0.4 is 14.6 Å². The summed E-state index contributed by atoms with van der Waals surface area (Å²) in [6, 6.07) is 18.1. The number of rotatable bonds is 4. The number of fused-ring (bicyclic) bond motifs is 2. The number of imidazole rings is 1. The summed E-state index contributed by atoms with van der Waals surface area (Å²) in [6.07, 6.45) is 1.95. The topological polar surface area (TPSA) is 62.7 Å². The molecule has 0 radical (unpaired) electrons. The minimum atomic E-state index is -0.143. The van der Waals surface area contributed by atoms with Crippen LogP contribution in [-0.4, -0.2) is 37.2 Å². The predicted molar refractivity (Wildman–Crippen MR) is 116 cm³/mol. The number of benzene rings is 2. The highest BCUT2D eigenvalue weighted by molar-refractivity contribution is 6.07. The van der Waals surface area contributed by atoms with E-state index >= 15 is 0 Å². The third-order valence-electron chi connectivity index (χ3n) is 5.87. The Morgan fingerprint density at radius 3 is 2.77 bits per heavy atom.